The highest BCUT2D eigenvalue weighted by molar-refractivity contribution is 5.94. The van der Waals surface area contributed by atoms with Gasteiger partial charge in [0.25, 0.3) is 5.91 Å². The van der Waals surface area contributed by atoms with Crippen molar-refractivity contribution in [1.82, 2.24) is 10.6 Å². The Morgan fingerprint density at radius 2 is 1.69 bits per heavy atom. The molecule has 0 spiro atoms. The van der Waals surface area contributed by atoms with Crippen LogP contribution in [0.5, 0.6) is 0 Å². The van der Waals surface area contributed by atoms with E-state index in [4.69, 9.17) is 5.73 Å². The van der Waals surface area contributed by atoms with Crippen LogP contribution in [0, 0.1) is 0 Å². The van der Waals surface area contributed by atoms with Gasteiger partial charge in [-0.05, 0) is 36.0 Å². The summed E-state index contributed by atoms with van der Waals surface area (Å²) in [5, 5.41) is 5.88. The summed E-state index contributed by atoms with van der Waals surface area (Å²) in [5.74, 6) is -0.196. The van der Waals surface area contributed by atoms with Crippen LogP contribution < -0.4 is 16.4 Å². The number of benzene rings is 1. The second kappa shape index (κ2) is 9.38. The average molecular weight is 382 g/mol. The van der Waals surface area contributed by atoms with Crippen LogP contribution >= 0.6 is 12.4 Å². The number of amides is 2. The molecule has 0 aromatic heterocycles. The average Bonchev–Trinajstić information content (AvgIpc) is 3.03. The molecule has 1 aromatic rings. The summed E-state index contributed by atoms with van der Waals surface area (Å²) < 4.78 is 0. The topological polar surface area (TPSA) is 84.2 Å². The molecule has 146 valence electrons. The number of carbonyl (C=O) groups excluding carboxylic acids is 2. The molecule has 6 heteroatoms. The molecule has 1 aromatic carbocycles. The van der Waals surface area contributed by atoms with Gasteiger partial charge in [-0.1, -0.05) is 45.7 Å². The molecule has 1 saturated carbocycles. The summed E-state index contributed by atoms with van der Waals surface area (Å²) in [6, 6.07) is 7.62. The van der Waals surface area contributed by atoms with E-state index >= 15 is 0 Å². The predicted molar refractivity (Wildman–Crippen MR) is 108 cm³/mol. The first-order valence-corrected chi connectivity index (χ1v) is 9.16. The molecule has 2 amide bonds. The monoisotopic (exact) mass is 381 g/mol. The van der Waals surface area contributed by atoms with E-state index in [-0.39, 0.29) is 41.6 Å². The molecule has 0 heterocycles. The van der Waals surface area contributed by atoms with Crippen LogP contribution in [0.2, 0.25) is 0 Å². The van der Waals surface area contributed by atoms with Gasteiger partial charge >= 0.3 is 0 Å². The van der Waals surface area contributed by atoms with Crippen LogP contribution in [0.1, 0.15) is 68.8 Å². The highest BCUT2D eigenvalue weighted by atomic mass is 35.5. The van der Waals surface area contributed by atoms with Crippen molar-refractivity contribution < 1.29 is 9.59 Å². The summed E-state index contributed by atoms with van der Waals surface area (Å²) in [6.45, 7) is 7.22. The lowest BCUT2D eigenvalue weighted by Crippen LogP contribution is -2.52. The van der Waals surface area contributed by atoms with Crippen LogP contribution in [0.15, 0.2) is 24.3 Å². The Labute approximate surface area is 162 Å². The molecule has 1 aliphatic carbocycles. The lowest BCUT2D eigenvalue weighted by molar-refractivity contribution is -0.122. The second-order valence-electron chi connectivity index (χ2n) is 8.07. The van der Waals surface area contributed by atoms with Crippen molar-refractivity contribution in [1.29, 1.82) is 0 Å². The Morgan fingerprint density at radius 3 is 2.19 bits per heavy atom. The van der Waals surface area contributed by atoms with E-state index in [0.29, 0.717) is 18.7 Å². The summed E-state index contributed by atoms with van der Waals surface area (Å²) in [5.41, 5.74) is 7.46. The van der Waals surface area contributed by atoms with Crippen LogP contribution in [-0.2, 0) is 10.2 Å². The lowest BCUT2D eigenvalue weighted by atomic mass is 9.87. The van der Waals surface area contributed by atoms with Crippen LogP contribution in [-0.4, -0.2) is 30.4 Å². The van der Waals surface area contributed by atoms with Crippen LogP contribution in [0.3, 0.4) is 0 Å². The normalized spacial score (nSPS) is 15.8. The lowest BCUT2D eigenvalue weighted by Gasteiger charge is -2.28. The van der Waals surface area contributed by atoms with Gasteiger partial charge in [-0.25, -0.2) is 0 Å². The fraction of sp³-hybridized carbons (Fsp3) is 0.600. The first kappa shape index (κ1) is 22.5. The highest BCUT2D eigenvalue weighted by Gasteiger charge is 2.33. The van der Waals surface area contributed by atoms with E-state index in [9.17, 15) is 9.59 Å². The Morgan fingerprint density at radius 1 is 1.12 bits per heavy atom. The number of hydrogen-bond acceptors (Lipinski definition) is 3. The second-order valence-corrected chi connectivity index (χ2v) is 8.07. The first-order valence-electron chi connectivity index (χ1n) is 9.16. The molecular formula is C20H32ClN3O2. The van der Waals surface area contributed by atoms with E-state index in [1.807, 2.05) is 24.3 Å². The van der Waals surface area contributed by atoms with Gasteiger partial charge in [0.15, 0.2) is 0 Å². The SMILES string of the molecule is CC(C)(C)c1ccc(C(=O)NCCC(=O)NC2(CN)CCCC2)cc1.Cl. The molecule has 26 heavy (non-hydrogen) atoms. The maximum atomic E-state index is 12.2. The van der Waals surface area contributed by atoms with Gasteiger partial charge in [-0.3, -0.25) is 9.59 Å². The minimum atomic E-state index is -0.232. The molecule has 0 atom stereocenters. The molecule has 5 nitrogen and oxygen atoms in total. The number of nitrogens with one attached hydrogen (secondary N) is 2. The maximum absolute atomic E-state index is 12.2. The third-order valence-corrected chi connectivity index (χ3v) is 5.01. The summed E-state index contributed by atoms with van der Waals surface area (Å²) in [7, 11) is 0. The Hall–Kier alpha value is -1.59. The highest BCUT2D eigenvalue weighted by Crippen LogP contribution is 2.28. The first-order chi connectivity index (χ1) is 11.8. The predicted octanol–water partition coefficient (Wildman–Crippen LogP) is 2.91. The zero-order valence-electron chi connectivity index (χ0n) is 16.1. The number of carbonyl (C=O) groups is 2. The summed E-state index contributed by atoms with van der Waals surface area (Å²) in [4.78, 5) is 24.3. The van der Waals surface area contributed by atoms with Crippen molar-refractivity contribution in [2.45, 2.75) is 63.8 Å². The van der Waals surface area contributed by atoms with Crippen molar-refractivity contribution >= 4 is 24.2 Å². The van der Waals surface area contributed by atoms with Crippen molar-refractivity contribution in [2.24, 2.45) is 5.73 Å². The molecule has 0 radical (unpaired) electrons. The zero-order valence-corrected chi connectivity index (χ0v) is 16.9. The smallest absolute Gasteiger partial charge is 0.251 e. The van der Waals surface area contributed by atoms with Gasteiger partial charge in [0, 0.05) is 25.1 Å². The third kappa shape index (κ3) is 5.99. The summed E-state index contributed by atoms with van der Waals surface area (Å²) >= 11 is 0. The van der Waals surface area contributed by atoms with E-state index in [1.54, 1.807) is 0 Å². The minimum Gasteiger partial charge on any atom is -0.352 e. The summed E-state index contributed by atoms with van der Waals surface area (Å²) in [6.07, 6.45) is 4.38. The number of nitrogens with two attached hydrogens (primary N) is 1. The number of halogens is 1. The largest absolute Gasteiger partial charge is 0.352 e. The Bertz CT molecular complexity index is 602. The van der Waals surface area contributed by atoms with Gasteiger partial charge in [-0.2, -0.15) is 0 Å². The van der Waals surface area contributed by atoms with Gasteiger partial charge in [0.05, 0.1) is 5.54 Å². The van der Waals surface area contributed by atoms with E-state index in [2.05, 4.69) is 31.4 Å². The molecule has 0 unspecified atom stereocenters. The van der Waals surface area contributed by atoms with Gasteiger partial charge in [0.1, 0.15) is 0 Å². The molecule has 0 bridgehead atoms. The number of rotatable bonds is 6. The van der Waals surface area contributed by atoms with Crippen molar-refractivity contribution in [3.63, 3.8) is 0 Å². The molecular weight excluding hydrogens is 350 g/mol. The van der Waals surface area contributed by atoms with Crippen molar-refractivity contribution in [2.75, 3.05) is 13.1 Å². The molecule has 0 saturated heterocycles. The fourth-order valence-electron chi connectivity index (χ4n) is 3.30. The van der Waals surface area contributed by atoms with E-state index in [0.717, 1.165) is 25.7 Å². The van der Waals surface area contributed by atoms with E-state index < -0.39 is 0 Å². The molecule has 4 N–H and O–H groups in total. The molecule has 1 fully saturated rings. The van der Waals surface area contributed by atoms with Crippen LogP contribution in [0.25, 0.3) is 0 Å². The standard InChI is InChI=1S/C20H31N3O2.ClH/c1-19(2,3)16-8-6-15(7-9-16)18(25)22-13-10-17(24)23-20(14-21)11-4-5-12-20;/h6-9H,4-5,10-14,21H2,1-3H3,(H,22,25)(H,23,24);1H. The quantitative estimate of drug-likeness (QED) is 0.708. The number of hydrogen-bond donors (Lipinski definition) is 3. The van der Waals surface area contributed by atoms with Crippen molar-refractivity contribution in [3.8, 4) is 0 Å². The van der Waals surface area contributed by atoms with E-state index in [1.165, 1.54) is 5.56 Å². The third-order valence-electron chi connectivity index (χ3n) is 5.01. The fourth-order valence-corrected chi connectivity index (χ4v) is 3.30. The minimum absolute atomic E-state index is 0. The van der Waals surface area contributed by atoms with Gasteiger partial charge in [0.2, 0.25) is 5.91 Å². The Balaban J connectivity index is 0.00000338. The van der Waals surface area contributed by atoms with Gasteiger partial charge < -0.3 is 16.4 Å². The van der Waals surface area contributed by atoms with Gasteiger partial charge in [-0.15, -0.1) is 12.4 Å². The molecule has 1 aliphatic rings. The molecule has 2 rings (SSSR count). The van der Waals surface area contributed by atoms with Crippen molar-refractivity contribution in [3.05, 3.63) is 35.4 Å². The zero-order chi connectivity index (χ0) is 18.5. The van der Waals surface area contributed by atoms with Crippen LogP contribution in [0.4, 0.5) is 0 Å². The maximum Gasteiger partial charge on any atom is 0.251 e. The Kier molecular flexibility index (Phi) is 8.10. The molecule has 0 aliphatic heterocycles.